The minimum Gasteiger partial charge on any atom is -0.385 e. The van der Waals surface area contributed by atoms with E-state index in [4.69, 9.17) is 0 Å². The number of benzene rings is 1. The summed E-state index contributed by atoms with van der Waals surface area (Å²) in [7, 11) is 0. The van der Waals surface area contributed by atoms with E-state index >= 15 is 0 Å². The van der Waals surface area contributed by atoms with Crippen molar-refractivity contribution in [3.63, 3.8) is 0 Å². The second-order valence-corrected chi connectivity index (χ2v) is 2.94. The zero-order chi connectivity index (χ0) is 9.10. The fourth-order valence-electron chi connectivity index (χ4n) is 1.38. The number of hydrogen-bond acceptors (Lipinski definition) is 2. The Morgan fingerprint density at radius 1 is 1.31 bits per heavy atom. The summed E-state index contributed by atoms with van der Waals surface area (Å²) in [4.78, 5) is 4.28. The molecule has 0 unspecified atom stereocenters. The fourth-order valence-corrected chi connectivity index (χ4v) is 1.38. The van der Waals surface area contributed by atoms with E-state index in [1.807, 2.05) is 12.3 Å². The van der Waals surface area contributed by atoms with Gasteiger partial charge in [0.15, 0.2) is 0 Å². The number of pyridine rings is 1. The quantitative estimate of drug-likeness (QED) is 0.753. The molecule has 2 rings (SSSR count). The molecule has 1 aromatic carbocycles. The Kier molecular flexibility index (Phi) is 2.13. The van der Waals surface area contributed by atoms with Crippen LogP contribution < -0.4 is 5.32 Å². The summed E-state index contributed by atoms with van der Waals surface area (Å²) in [6.45, 7) is 3.03. The molecular weight excluding hydrogens is 160 g/mol. The van der Waals surface area contributed by atoms with E-state index in [1.165, 1.54) is 5.39 Å². The molecule has 66 valence electrons. The molecule has 2 heteroatoms. The summed E-state index contributed by atoms with van der Waals surface area (Å²) in [5.41, 5.74) is 2.18. The molecule has 0 aliphatic carbocycles. The molecule has 1 heterocycles. The molecule has 2 aromatic rings. The van der Waals surface area contributed by atoms with Crippen LogP contribution in [0.15, 0.2) is 36.5 Å². The Labute approximate surface area is 77.6 Å². The number of aromatic nitrogens is 1. The third-order valence-corrected chi connectivity index (χ3v) is 1.99. The number of hydrogen-bond donors (Lipinski definition) is 1. The van der Waals surface area contributed by atoms with E-state index in [-0.39, 0.29) is 0 Å². The van der Waals surface area contributed by atoms with E-state index in [2.05, 4.69) is 41.5 Å². The summed E-state index contributed by atoms with van der Waals surface area (Å²) in [5.74, 6) is 0. The normalized spacial score (nSPS) is 10.2. The molecule has 1 aromatic heterocycles. The Morgan fingerprint density at radius 3 is 3.08 bits per heavy atom. The highest BCUT2D eigenvalue weighted by Gasteiger charge is 1.94. The lowest BCUT2D eigenvalue weighted by atomic mass is 10.2. The van der Waals surface area contributed by atoms with Gasteiger partial charge in [0, 0.05) is 23.8 Å². The van der Waals surface area contributed by atoms with Crippen LogP contribution in [0.25, 0.3) is 10.9 Å². The highest BCUT2D eigenvalue weighted by Crippen LogP contribution is 2.16. The van der Waals surface area contributed by atoms with E-state index in [0.29, 0.717) is 0 Å². The van der Waals surface area contributed by atoms with Crippen molar-refractivity contribution in [1.29, 1.82) is 0 Å². The average Bonchev–Trinajstić information content (AvgIpc) is 2.18. The molecule has 0 aliphatic rings. The highest BCUT2D eigenvalue weighted by molar-refractivity contribution is 5.81. The van der Waals surface area contributed by atoms with Gasteiger partial charge in [-0.25, -0.2) is 0 Å². The topological polar surface area (TPSA) is 24.9 Å². The minimum absolute atomic E-state index is 0.943. The Balaban J connectivity index is 2.49. The largest absolute Gasteiger partial charge is 0.385 e. The van der Waals surface area contributed by atoms with Gasteiger partial charge >= 0.3 is 0 Å². The third-order valence-electron chi connectivity index (χ3n) is 1.99. The van der Waals surface area contributed by atoms with Crippen molar-refractivity contribution in [2.24, 2.45) is 0 Å². The molecule has 0 saturated heterocycles. The molecule has 2 nitrogen and oxygen atoms in total. The number of nitrogens with zero attached hydrogens (tertiary/aromatic N) is 1. The van der Waals surface area contributed by atoms with Gasteiger partial charge in [0.1, 0.15) is 0 Å². The zero-order valence-electron chi connectivity index (χ0n) is 7.62. The summed E-state index contributed by atoms with van der Waals surface area (Å²) < 4.78 is 0. The first kappa shape index (κ1) is 8.05. The van der Waals surface area contributed by atoms with E-state index in [1.54, 1.807) is 0 Å². The zero-order valence-corrected chi connectivity index (χ0v) is 7.62. The van der Waals surface area contributed by atoms with Crippen molar-refractivity contribution in [2.75, 3.05) is 11.9 Å². The molecule has 0 radical (unpaired) electrons. The van der Waals surface area contributed by atoms with Gasteiger partial charge in [-0.15, -0.1) is 0 Å². The van der Waals surface area contributed by atoms with Gasteiger partial charge in [0.25, 0.3) is 0 Å². The van der Waals surface area contributed by atoms with Crippen molar-refractivity contribution < 1.29 is 0 Å². The second kappa shape index (κ2) is 3.44. The lowest BCUT2D eigenvalue weighted by Crippen LogP contribution is -1.95. The SMILES string of the molecule is CCNc1ccc2cccnc2c1. The summed E-state index contributed by atoms with van der Waals surface area (Å²) >= 11 is 0. The van der Waals surface area contributed by atoms with Gasteiger partial charge in [-0.3, -0.25) is 4.98 Å². The van der Waals surface area contributed by atoms with Crippen molar-refractivity contribution in [2.45, 2.75) is 6.92 Å². The lowest BCUT2D eigenvalue weighted by molar-refractivity contribution is 1.21. The van der Waals surface area contributed by atoms with Crippen LogP contribution in [0.4, 0.5) is 5.69 Å². The van der Waals surface area contributed by atoms with E-state index < -0.39 is 0 Å². The third kappa shape index (κ3) is 1.61. The summed E-state index contributed by atoms with van der Waals surface area (Å²) in [6, 6.07) is 10.2. The maximum atomic E-state index is 4.28. The van der Waals surface area contributed by atoms with E-state index in [0.717, 1.165) is 17.7 Å². The number of anilines is 1. The minimum atomic E-state index is 0.943. The van der Waals surface area contributed by atoms with Gasteiger partial charge < -0.3 is 5.32 Å². The van der Waals surface area contributed by atoms with Gasteiger partial charge in [-0.2, -0.15) is 0 Å². The maximum Gasteiger partial charge on any atom is 0.0722 e. The Hall–Kier alpha value is -1.57. The standard InChI is InChI=1S/C11H12N2/c1-2-12-10-6-5-9-4-3-7-13-11(9)8-10/h3-8,12H,2H2,1H3. The smallest absolute Gasteiger partial charge is 0.0722 e. The molecule has 0 fully saturated rings. The molecular formula is C11H12N2. The monoisotopic (exact) mass is 172 g/mol. The first-order valence-electron chi connectivity index (χ1n) is 4.49. The predicted molar refractivity (Wildman–Crippen MR) is 55.9 cm³/mol. The van der Waals surface area contributed by atoms with Crippen LogP contribution in [0.2, 0.25) is 0 Å². The first-order chi connectivity index (χ1) is 6.40. The second-order valence-electron chi connectivity index (χ2n) is 2.94. The molecule has 1 N–H and O–H groups in total. The Bertz CT molecular complexity index is 410. The average molecular weight is 172 g/mol. The molecule has 13 heavy (non-hydrogen) atoms. The van der Waals surface area contributed by atoms with Gasteiger partial charge in [-0.05, 0) is 25.1 Å². The lowest BCUT2D eigenvalue weighted by Gasteiger charge is -2.03. The van der Waals surface area contributed by atoms with Crippen LogP contribution in [0.3, 0.4) is 0 Å². The summed E-state index contributed by atoms with van der Waals surface area (Å²) in [5, 5.41) is 4.44. The first-order valence-corrected chi connectivity index (χ1v) is 4.49. The number of fused-ring (bicyclic) bond motifs is 1. The van der Waals surface area contributed by atoms with Gasteiger partial charge in [0.2, 0.25) is 0 Å². The van der Waals surface area contributed by atoms with Crippen LogP contribution in [-0.4, -0.2) is 11.5 Å². The maximum absolute atomic E-state index is 4.28. The number of nitrogens with one attached hydrogen (secondary N) is 1. The molecule has 0 saturated carbocycles. The van der Waals surface area contributed by atoms with Crippen LogP contribution in [-0.2, 0) is 0 Å². The number of rotatable bonds is 2. The van der Waals surface area contributed by atoms with Crippen molar-refractivity contribution in [1.82, 2.24) is 4.98 Å². The molecule has 0 spiro atoms. The van der Waals surface area contributed by atoms with Crippen molar-refractivity contribution in [3.05, 3.63) is 36.5 Å². The van der Waals surface area contributed by atoms with Crippen LogP contribution >= 0.6 is 0 Å². The Morgan fingerprint density at radius 2 is 2.23 bits per heavy atom. The van der Waals surface area contributed by atoms with Crippen LogP contribution in [0, 0.1) is 0 Å². The predicted octanol–water partition coefficient (Wildman–Crippen LogP) is 2.67. The van der Waals surface area contributed by atoms with Crippen LogP contribution in [0.1, 0.15) is 6.92 Å². The molecule has 0 amide bonds. The van der Waals surface area contributed by atoms with Crippen molar-refractivity contribution >= 4 is 16.6 Å². The molecule has 0 atom stereocenters. The molecule has 0 bridgehead atoms. The van der Waals surface area contributed by atoms with E-state index in [9.17, 15) is 0 Å². The van der Waals surface area contributed by atoms with Crippen molar-refractivity contribution in [3.8, 4) is 0 Å². The van der Waals surface area contributed by atoms with Crippen LogP contribution in [0.5, 0.6) is 0 Å². The fraction of sp³-hybridized carbons (Fsp3) is 0.182. The highest BCUT2D eigenvalue weighted by atomic mass is 14.9. The summed E-state index contributed by atoms with van der Waals surface area (Å²) in [6.07, 6.45) is 1.82. The molecule has 0 aliphatic heterocycles. The van der Waals surface area contributed by atoms with Gasteiger partial charge in [0.05, 0.1) is 5.52 Å². The van der Waals surface area contributed by atoms with Gasteiger partial charge in [-0.1, -0.05) is 12.1 Å².